The van der Waals surface area contributed by atoms with E-state index in [4.69, 9.17) is 4.74 Å². The minimum atomic E-state index is -3.22. The van der Waals surface area contributed by atoms with E-state index in [2.05, 4.69) is 10.6 Å². The molecule has 0 saturated heterocycles. The fourth-order valence-electron chi connectivity index (χ4n) is 4.07. The van der Waals surface area contributed by atoms with Crippen LogP contribution >= 0.6 is 11.3 Å². The molecule has 2 aliphatic heterocycles. The molecule has 0 aliphatic carbocycles. The van der Waals surface area contributed by atoms with E-state index >= 15 is 0 Å². The molecule has 1 unspecified atom stereocenters. The zero-order valence-corrected chi connectivity index (χ0v) is 19.2. The number of ether oxygens (including phenoxy) is 1. The fourth-order valence-corrected chi connectivity index (χ4v) is 7.13. The topological polar surface area (TPSA) is 119 Å². The van der Waals surface area contributed by atoms with Gasteiger partial charge in [-0.25, -0.2) is 13.2 Å². The molecule has 0 spiro atoms. The van der Waals surface area contributed by atoms with Gasteiger partial charge in [0.25, 0.3) is 0 Å². The number of esters is 1. The van der Waals surface area contributed by atoms with Crippen LogP contribution in [-0.4, -0.2) is 38.6 Å². The van der Waals surface area contributed by atoms with Crippen LogP contribution in [0, 0.1) is 5.92 Å². The SMILES string of the molecule is CCOC(=O)c1c(NC(=O)CCC2Cc3ccccc3NC2=O)sc2c1CCS(=O)(=O)C2. The number of amides is 2. The maximum atomic E-state index is 12.7. The molecular weight excluding hydrogens is 452 g/mol. The molecular formula is C22H24N2O6S2. The lowest BCUT2D eigenvalue weighted by Gasteiger charge is -2.24. The molecule has 1 aromatic heterocycles. The van der Waals surface area contributed by atoms with Gasteiger partial charge in [0.2, 0.25) is 11.8 Å². The Morgan fingerprint density at radius 1 is 1.28 bits per heavy atom. The molecule has 2 aliphatic rings. The quantitative estimate of drug-likeness (QED) is 0.619. The molecule has 0 saturated carbocycles. The smallest absolute Gasteiger partial charge is 0.341 e. The predicted molar refractivity (Wildman–Crippen MR) is 122 cm³/mol. The number of carbonyl (C=O) groups excluding carboxylic acids is 3. The van der Waals surface area contributed by atoms with Crippen LogP contribution in [-0.2, 0) is 42.8 Å². The molecule has 0 bridgehead atoms. The number of thiophene rings is 1. The van der Waals surface area contributed by atoms with Gasteiger partial charge >= 0.3 is 5.97 Å². The Balaban J connectivity index is 1.47. The summed E-state index contributed by atoms with van der Waals surface area (Å²) in [5.41, 5.74) is 2.73. The van der Waals surface area contributed by atoms with E-state index in [0.717, 1.165) is 22.6 Å². The van der Waals surface area contributed by atoms with E-state index in [1.54, 1.807) is 6.92 Å². The number of rotatable bonds is 6. The number of sulfone groups is 1. The van der Waals surface area contributed by atoms with Crippen molar-refractivity contribution in [3.05, 3.63) is 45.8 Å². The van der Waals surface area contributed by atoms with Crippen LogP contribution in [0.1, 0.15) is 46.1 Å². The van der Waals surface area contributed by atoms with Crippen molar-refractivity contribution in [1.82, 2.24) is 0 Å². The highest BCUT2D eigenvalue weighted by Crippen LogP contribution is 2.38. The number of carbonyl (C=O) groups is 3. The number of nitrogens with one attached hydrogen (secondary N) is 2. The zero-order chi connectivity index (χ0) is 22.9. The predicted octanol–water partition coefficient (Wildman–Crippen LogP) is 2.93. The number of hydrogen-bond acceptors (Lipinski definition) is 7. The highest BCUT2D eigenvalue weighted by molar-refractivity contribution is 7.90. The molecule has 2 amide bonds. The van der Waals surface area contributed by atoms with Crippen LogP contribution in [0.25, 0.3) is 0 Å². The van der Waals surface area contributed by atoms with Crippen LogP contribution < -0.4 is 10.6 Å². The Kier molecular flexibility index (Phi) is 6.34. The van der Waals surface area contributed by atoms with Crippen molar-refractivity contribution in [2.45, 2.75) is 38.4 Å². The van der Waals surface area contributed by atoms with Gasteiger partial charge in [-0.05, 0) is 43.4 Å². The second kappa shape index (κ2) is 9.03. The molecule has 1 aromatic carbocycles. The van der Waals surface area contributed by atoms with Crippen molar-refractivity contribution in [3.8, 4) is 0 Å². The highest BCUT2D eigenvalue weighted by Gasteiger charge is 2.32. The third-order valence-corrected chi connectivity index (χ3v) is 8.55. The first-order chi connectivity index (χ1) is 15.3. The standard InChI is InChI=1S/C22H24N2O6S2/c1-2-30-22(27)19-15-9-10-32(28,29)12-17(15)31-21(19)24-18(25)8-7-14-11-13-5-3-4-6-16(13)23-20(14)26/h3-6,14H,2,7-12H2,1H3,(H,23,26)(H,24,25). The molecule has 4 rings (SSSR count). The van der Waals surface area contributed by atoms with Gasteiger partial charge in [-0.1, -0.05) is 18.2 Å². The monoisotopic (exact) mass is 476 g/mol. The summed E-state index contributed by atoms with van der Waals surface area (Å²) < 4.78 is 29.2. The van der Waals surface area contributed by atoms with Gasteiger partial charge < -0.3 is 15.4 Å². The van der Waals surface area contributed by atoms with Crippen LogP contribution in [0.3, 0.4) is 0 Å². The van der Waals surface area contributed by atoms with E-state index in [1.807, 2.05) is 24.3 Å². The Bertz CT molecular complexity index is 1190. The molecule has 10 heteroatoms. The van der Waals surface area contributed by atoms with E-state index in [1.165, 1.54) is 0 Å². The van der Waals surface area contributed by atoms with Gasteiger partial charge in [0.05, 0.1) is 23.7 Å². The molecule has 2 aromatic rings. The van der Waals surface area contributed by atoms with Crippen LogP contribution in [0.4, 0.5) is 10.7 Å². The van der Waals surface area contributed by atoms with Crippen molar-refractivity contribution < 1.29 is 27.5 Å². The Hall–Kier alpha value is -2.72. The van der Waals surface area contributed by atoms with Gasteiger partial charge in [-0.2, -0.15) is 0 Å². The number of fused-ring (bicyclic) bond motifs is 2. The molecule has 1 atom stereocenters. The van der Waals surface area contributed by atoms with Gasteiger partial charge in [0.1, 0.15) is 5.00 Å². The molecule has 32 heavy (non-hydrogen) atoms. The largest absolute Gasteiger partial charge is 0.462 e. The van der Waals surface area contributed by atoms with Gasteiger partial charge in [0, 0.05) is 22.9 Å². The summed E-state index contributed by atoms with van der Waals surface area (Å²) in [4.78, 5) is 38.2. The average Bonchev–Trinajstić information content (AvgIpc) is 3.08. The second-order valence-corrected chi connectivity index (χ2v) is 11.2. The summed E-state index contributed by atoms with van der Waals surface area (Å²) in [5, 5.41) is 5.95. The fraction of sp³-hybridized carbons (Fsp3) is 0.409. The maximum Gasteiger partial charge on any atom is 0.341 e. The first-order valence-electron chi connectivity index (χ1n) is 10.5. The minimum absolute atomic E-state index is 0.0329. The minimum Gasteiger partial charge on any atom is -0.462 e. The van der Waals surface area contributed by atoms with Gasteiger partial charge in [0.15, 0.2) is 9.84 Å². The summed E-state index contributed by atoms with van der Waals surface area (Å²) in [6.07, 6.45) is 1.25. The maximum absolute atomic E-state index is 12.7. The molecule has 170 valence electrons. The van der Waals surface area contributed by atoms with Crippen molar-refractivity contribution >= 4 is 49.6 Å². The first kappa shape index (κ1) is 22.5. The van der Waals surface area contributed by atoms with Gasteiger partial charge in [-0.3, -0.25) is 9.59 Å². The third kappa shape index (κ3) is 4.71. The third-order valence-electron chi connectivity index (χ3n) is 5.67. The van der Waals surface area contributed by atoms with E-state index in [-0.39, 0.29) is 54.2 Å². The Morgan fingerprint density at radius 3 is 2.84 bits per heavy atom. The van der Waals surface area contributed by atoms with Crippen molar-refractivity contribution in [2.24, 2.45) is 5.92 Å². The summed E-state index contributed by atoms with van der Waals surface area (Å²) in [6, 6.07) is 7.58. The molecule has 3 heterocycles. The van der Waals surface area contributed by atoms with Gasteiger partial charge in [-0.15, -0.1) is 11.3 Å². The number of anilines is 2. The molecule has 8 nitrogen and oxygen atoms in total. The summed E-state index contributed by atoms with van der Waals surface area (Å²) in [5.74, 6) is -1.50. The Morgan fingerprint density at radius 2 is 2.06 bits per heavy atom. The van der Waals surface area contributed by atoms with Crippen molar-refractivity contribution in [1.29, 1.82) is 0 Å². The molecule has 2 N–H and O–H groups in total. The number of benzene rings is 1. The molecule has 0 fully saturated rings. The van der Waals surface area contributed by atoms with Crippen molar-refractivity contribution in [2.75, 3.05) is 23.0 Å². The summed E-state index contributed by atoms with van der Waals surface area (Å²) in [7, 11) is -3.22. The lowest BCUT2D eigenvalue weighted by atomic mass is 9.89. The van der Waals surface area contributed by atoms with E-state index in [9.17, 15) is 22.8 Å². The number of para-hydroxylation sites is 1. The van der Waals surface area contributed by atoms with E-state index < -0.39 is 15.8 Å². The lowest BCUT2D eigenvalue weighted by Crippen LogP contribution is -2.30. The zero-order valence-electron chi connectivity index (χ0n) is 17.6. The normalized spacial score (nSPS) is 18.8. The average molecular weight is 477 g/mol. The van der Waals surface area contributed by atoms with Crippen LogP contribution in [0.15, 0.2) is 24.3 Å². The second-order valence-electron chi connectivity index (χ2n) is 7.90. The highest BCUT2D eigenvalue weighted by atomic mass is 32.2. The lowest BCUT2D eigenvalue weighted by molar-refractivity contribution is -0.121. The molecule has 0 radical (unpaired) electrons. The Labute approximate surface area is 190 Å². The summed E-state index contributed by atoms with van der Waals surface area (Å²) >= 11 is 1.11. The van der Waals surface area contributed by atoms with Crippen molar-refractivity contribution in [3.63, 3.8) is 0 Å². The van der Waals surface area contributed by atoms with Crippen LogP contribution in [0.2, 0.25) is 0 Å². The summed E-state index contributed by atoms with van der Waals surface area (Å²) in [6.45, 7) is 1.86. The number of hydrogen-bond donors (Lipinski definition) is 2. The van der Waals surface area contributed by atoms with Crippen LogP contribution in [0.5, 0.6) is 0 Å². The first-order valence-corrected chi connectivity index (χ1v) is 13.1. The van der Waals surface area contributed by atoms with E-state index in [0.29, 0.717) is 28.3 Å².